The lowest BCUT2D eigenvalue weighted by Crippen LogP contribution is -2.39. The molecule has 0 fully saturated rings. The highest BCUT2D eigenvalue weighted by Gasteiger charge is 2.32. The van der Waals surface area contributed by atoms with Crippen molar-refractivity contribution in [3.63, 3.8) is 0 Å². The van der Waals surface area contributed by atoms with Crippen molar-refractivity contribution >= 4 is 13.2 Å². The average molecular weight is 228 g/mol. The third-order valence-electron chi connectivity index (χ3n) is 3.07. The molecule has 0 heterocycles. The summed E-state index contributed by atoms with van der Waals surface area (Å²) in [4.78, 5) is 11.9. The normalized spacial score (nSPS) is 15.4. The van der Waals surface area contributed by atoms with Gasteiger partial charge in [0.15, 0.2) is 0 Å². The first-order valence-electron chi connectivity index (χ1n) is 6.23. The summed E-state index contributed by atoms with van der Waals surface area (Å²) < 4.78 is 6.20. The molecule has 94 valence electrons. The van der Waals surface area contributed by atoms with Gasteiger partial charge in [0.25, 0.3) is 0 Å². The molecule has 1 unspecified atom stereocenters. The molecule has 0 aromatic carbocycles. The van der Waals surface area contributed by atoms with Crippen LogP contribution in [0.15, 0.2) is 0 Å². The van der Waals surface area contributed by atoms with E-state index in [1.54, 1.807) is 0 Å². The van der Waals surface area contributed by atoms with Gasteiger partial charge in [-0.25, -0.2) is 0 Å². The van der Waals surface area contributed by atoms with Gasteiger partial charge in [0.05, 0.1) is 21.1 Å². The van der Waals surface area contributed by atoms with Crippen LogP contribution in [0.2, 0.25) is 11.6 Å². The fourth-order valence-electron chi connectivity index (χ4n) is 1.56. The van der Waals surface area contributed by atoms with Crippen molar-refractivity contribution in [3.8, 4) is 0 Å². The van der Waals surface area contributed by atoms with E-state index in [2.05, 4.69) is 35.0 Å². The molecule has 0 aliphatic carbocycles. The summed E-state index contributed by atoms with van der Waals surface area (Å²) in [5.41, 5.74) is 0. The molecule has 0 rings (SSSR count). The Morgan fingerprint density at radius 1 is 1.31 bits per heavy atom. The average Bonchev–Trinajstić information content (AvgIpc) is 2.15. The van der Waals surface area contributed by atoms with Gasteiger partial charge in [-0.3, -0.25) is 4.79 Å². The molecule has 0 bridgehead atoms. The molecule has 0 radical (unpaired) electrons. The second-order valence-electron chi connectivity index (χ2n) is 5.81. The van der Waals surface area contributed by atoms with E-state index in [0.717, 1.165) is 31.0 Å². The third-order valence-corrected chi connectivity index (χ3v) is 3.07. The van der Waals surface area contributed by atoms with Crippen molar-refractivity contribution in [2.24, 2.45) is 0 Å². The van der Waals surface area contributed by atoms with Gasteiger partial charge in [0.1, 0.15) is 20.4 Å². The molecule has 0 aromatic heterocycles. The predicted molar refractivity (Wildman–Crippen MR) is 70.1 cm³/mol. The van der Waals surface area contributed by atoms with E-state index in [1.807, 2.05) is 6.92 Å². The van der Waals surface area contributed by atoms with Crippen LogP contribution in [0.1, 0.15) is 27.2 Å². The largest absolute Gasteiger partial charge is 0.460 e. The number of likely N-dealkylation sites (N-methyl/N-ethyl adjacent to an activating group) is 1. The minimum Gasteiger partial charge on any atom is -0.460 e. The molecular formula is C12H27BNO2+. The number of carbonyl (C=O) groups excluding carboxylic acids is 1. The van der Waals surface area contributed by atoms with E-state index in [9.17, 15) is 4.79 Å². The van der Waals surface area contributed by atoms with Crippen LogP contribution in [0.3, 0.4) is 0 Å². The van der Waals surface area contributed by atoms with E-state index in [0.29, 0.717) is 6.61 Å². The molecule has 0 aromatic rings. The lowest BCUT2D eigenvalue weighted by Gasteiger charge is -2.27. The fraction of sp³-hybridized carbons (Fsp3) is 0.917. The zero-order chi connectivity index (χ0) is 12.8. The van der Waals surface area contributed by atoms with Crippen molar-refractivity contribution in [1.82, 2.24) is 0 Å². The van der Waals surface area contributed by atoms with Crippen LogP contribution in [0.25, 0.3) is 0 Å². The number of hydrogen-bond donors (Lipinski definition) is 0. The van der Waals surface area contributed by atoms with E-state index in [1.165, 1.54) is 0 Å². The number of rotatable bonds is 7. The molecule has 0 aliphatic rings. The Kier molecular flexibility index (Phi) is 6.09. The van der Waals surface area contributed by atoms with E-state index >= 15 is 0 Å². The molecule has 1 atom stereocenters. The highest BCUT2D eigenvalue weighted by Crippen LogP contribution is 2.31. The third kappa shape index (κ3) is 5.54. The van der Waals surface area contributed by atoms with Crippen LogP contribution in [0, 0.1) is 0 Å². The van der Waals surface area contributed by atoms with Crippen molar-refractivity contribution in [3.05, 3.63) is 0 Å². The monoisotopic (exact) mass is 228 g/mol. The Bertz CT molecular complexity index is 226. The Balaban J connectivity index is 4.13. The molecule has 0 saturated heterocycles. The number of hydrogen-bond acceptors (Lipinski definition) is 2. The molecule has 0 spiro atoms. The van der Waals surface area contributed by atoms with Crippen molar-refractivity contribution in [1.29, 1.82) is 0 Å². The quantitative estimate of drug-likeness (QED) is 0.376. The van der Waals surface area contributed by atoms with Crippen LogP contribution >= 0.6 is 0 Å². The lowest BCUT2D eigenvalue weighted by molar-refractivity contribution is -0.870. The molecule has 0 N–H and O–H groups in total. The first-order chi connectivity index (χ1) is 7.25. The highest BCUT2D eigenvalue weighted by atomic mass is 16.5. The molecule has 0 amide bonds. The molecule has 4 heteroatoms. The summed E-state index contributed by atoms with van der Waals surface area (Å²) in [6, 6.07) is 0. The number of quaternary nitrogens is 1. The Morgan fingerprint density at radius 2 is 1.88 bits per heavy atom. The minimum absolute atomic E-state index is 0.0368. The van der Waals surface area contributed by atoms with Gasteiger partial charge in [0.2, 0.25) is 0 Å². The second kappa shape index (κ2) is 6.28. The van der Waals surface area contributed by atoms with Gasteiger partial charge < -0.3 is 9.22 Å². The summed E-state index contributed by atoms with van der Waals surface area (Å²) in [6.45, 7) is 7.54. The minimum atomic E-state index is -0.292. The Hall–Kier alpha value is -0.505. The maximum Gasteiger partial charge on any atom is 0.304 e. The van der Waals surface area contributed by atoms with E-state index in [-0.39, 0.29) is 11.3 Å². The standard InChI is InChI=1S/C12H27BNO2/c1-7-12(3,13-8-2)11(15)16-10-9-14(4,5)6/h13H,7-10H2,1-6H3/q+1. The molecule has 16 heavy (non-hydrogen) atoms. The van der Waals surface area contributed by atoms with Crippen molar-refractivity contribution in [2.45, 2.75) is 38.8 Å². The Labute approximate surface area is 101 Å². The van der Waals surface area contributed by atoms with Crippen LogP contribution in [0.4, 0.5) is 0 Å². The summed E-state index contributed by atoms with van der Waals surface area (Å²) in [7, 11) is 7.20. The van der Waals surface area contributed by atoms with Crippen LogP contribution in [-0.2, 0) is 9.53 Å². The number of carbonyl (C=O) groups is 1. The summed E-state index contributed by atoms with van der Waals surface area (Å²) in [6.07, 6.45) is 1.87. The molecule has 0 saturated carbocycles. The van der Waals surface area contributed by atoms with Gasteiger partial charge in [-0.2, -0.15) is 0 Å². The smallest absolute Gasteiger partial charge is 0.304 e. The summed E-state index contributed by atoms with van der Waals surface area (Å²) in [5, 5.41) is -0.292. The van der Waals surface area contributed by atoms with E-state index in [4.69, 9.17) is 4.74 Å². The van der Waals surface area contributed by atoms with Crippen molar-refractivity contribution < 1.29 is 14.0 Å². The second-order valence-corrected chi connectivity index (χ2v) is 5.81. The summed E-state index contributed by atoms with van der Waals surface area (Å²) in [5.74, 6) is -0.0368. The SMILES string of the molecule is CCBC(C)(CC)C(=O)OCC[N+](C)(C)C. The molecule has 3 nitrogen and oxygen atoms in total. The first kappa shape index (κ1) is 15.5. The fourth-order valence-corrected chi connectivity index (χ4v) is 1.56. The highest BCUT2D eigenvalue weighted by molar-refractivity contribution is 6.46. The molecule has 0 aliphatic heterocycles. The number of nitrogens with zero attached hydrogens (tertiary/aromatic N) is 1. The van der Waals surface area contributed by atoms with Crippen LogP contribution in [-0.4, -0.2) is 52.0 Å². The van der Waals surface area contributed by atoms with Gasteiger partial charge in [0, 0.05) is 5.31 Å². The predicted octanol–water partition coefficient (Wildman–Crippen LogP) is 1.70. The zero-order valence-corrected chi connectivity index (χ0v) is 11.8. The lowest BCUT2D eigenvalue weighted by atomic mass is 9.50. The first-order valence-corrected chi connectivity index (χ1v) is 6.23. The topological polar surface area (TPSA) is 26.3 Å². The maximum absolute atomic E-state index is 11.9. The van der Waals surface area contributed by atoms with Gasteiger partial charge >= 0.3 is 5.97 Å². The Morgan fingerprint density at radius 3 is 2.25 bits per heavy atom. The summed E-state index contributed by atoms with van der Waals surface area (Å²) >= 11 is 0. The van der Waals surface area contributed by atoms with Gasteiger partial charge in [-0.15, -0.1) is 0 Å². The van der Waals surface area contributed by atoms with Gasteiger partial charge in [-0.1, -0.05) is 27.1 Å². The molecular weight excluding hydrogens is 201 g/mol. The van der Waals surface area contributed by atoms with Crippen molar-refractivity contribution in [2.75, 3.05) is 34.3 Å². The van der Waals surface area contributed by atoms with Crippen LogP contribution < -0.4 is 0 Å². The van der Waals surface area contributed by atoms with Crippen LogP contribution in [0.5, 0.6) is 0 Å². The van der Waals surface area contributed by atoms with Gasteiger partial charge in [-0.05, 0) is 6.42 Å². The number of ether oxygens (including phenoxy) is 1. The van der Waals surface area contributed by atoms with E-state index < -0.39 is 0 Å². The zero-order valence-electron chi connectivity index (χ0n) is 11.8. The maximum atomic E-state index is 11.9. The number of esters is 1.